The number of carbonyl (C=O) groups is 1. The zero-order valence-corrected chi connectivity index (χ0v) is 15.1. The lowest BCUT2D eigenvalue weighted by molar-refractivity contribution is 0.102. The number of hydrogen-bond acceptors (Lipinski definition) is 5. The smallest absolute Gasteiger partial charge is 0.274 e. The Balaban J connectivity index is 1.76. The lowest BCUT2D eigenvalue weighted by atomic mass is 10.1. The highest BCUT2D eigenvalue weighted by molar-refractivity contribution is 6.03. The van der Waals surface area contributed by atoms with Crippen LogP contribution in [0, 0.1) is 20.8 Å². The van der Waals surface area contributed by atoms with Crippen LogP contribution in [0.15, 0.2) is 48.8 Å². The number of hydrogen-bond donors (Lipinski definition) is 2. The van der Waals surface area contributed by atoms with Crippen molar-refractivity contribution in [3.05, 3.63) is 77.0 Å². The predicted octanol–water partition coefficient (Wildman–Crippen LogP) is 3.66. The first-order valence-electron chi connectivity index (χ1n) is 8.39. The van der Waals surface area contributed by atoms with Gasteiger partial charge in [0.2, 0.25) is 0 Å². The summed E-state index contributed by atoms with van der Waals surface area (Å²) in [7, 11) is 0. The van der Waals surface area contributed by atoms with E-state index in [0.717, 1.165) is 22.4 Å². The molecule has 1 amide bonds. The van der Waals surface area contributed by atoms with Crippen molar-refractivity contribution in [1.82, 2.24) is 15.0 Å². The van der Waals surface area contributed by atoms with Crippen molar-refractivity contribution in [3.8, 4) is 0 Å². The molecule has 0 saturated heterocycles. The van der Waals surface area contributed by atoms with Crippen molar-refractivity contribution in [2.24, 2.45) is 0 Å². The minimum Gasteiger partial charge on any atom is -0.366 e. The van der Waals surface area contributed by atoms with Gasteiger partial charge in [-0.2, -0.15) is 0 Å². The first-order chi connectivity index (χ1) is 12.5. The largest absolute Gasteiger partial charge is 0.366 e. The Morgan fingerprint density at radius 3 is 2.58 bits per heavy atom. The second kappa shape index (κ2) is 7.74. The molecule has 0 fully saturated rings. The summed E-state index contributed by atoms with van der Waals surface area (Å²) in [6.45, 7) is 6.36. The third-order valence-electron chi connectivity index (χ3n) is 4.15. The van der Waals surface area contributed by atoms with Crippen LogP contribution in [0.2, 0.25) is 0 Å². The number of nitrogens with one attached hydrogen (secondary N) is 2. The number of benzene rings is 1. The highest BCUT2D eigenvalue weighted by Gasteiger charge is 2.12. The maximum absolute atomic E-state index is 12.6. The summed E-state index contributed by atoms with van der Waals surface area (Å²) in [4.78, 5) is 25.2. The molecule has 3 aromatic rings. The van der Waals surface area contributed by atoms with E-state index in [1.807, 2.05) is 44.2 Å². The van der Waals surface area contributed by atoms with Crippen molar-refractivity contribution < 1.29 is 4.79 Å². The second-order valence-corrected chi connectivity index (χ2v) is 6.10. The van der Waals surface area contributed by atoms with E-state index in [1.54, 1.807) is 25.4 Å². The molecule has 2 aromatic heterocycles. The van der Waals surface area contributed by atoms with Gasteiger partial charge in [-0.15, -0.1) is 0 Å². The summed E-state index contributed by atoms with van der Waals surface area (Å²) in [5.74, 6) is 0.896. The number of nitrogens with zero attached hydrogens (tertiary/aromatic N) is 3. The number of carbonyl (C=O) groups excluding carboxylic acids is 1. The van der Waals surface area contributed by atoms with Crippen LogP contribution in [0.5, 0.6) is 0 Å². The molecule has 0 spiro atoms. The standard InChI is InChI=1S/C20H21N5O/c1-13-5-4-6-17(14(13)2)25-20(26)18-11-19(24-15(3)23-18)22-12-16-7-9-21-10-8-16/h4-11H,12H2,1-3H3,(H,25,26)(H,22,23,24). The molecular weight excluding hydrogens is 326 g/mol. The molecule has 0 unspecified atom stereocenters. The Hall–Kier alpha value is -3.28. The first-order valence-corrected chi connectivity index (χ1v) is 8.39. The molecule has 0 aliphatic heterocycles. The number of aromatic nitrogens is 3. The van der Waals surface area contributed by atoms with Crippen LogP contribution >= 0.6 is 0 Å². The zero-order chi connectivity index (χ0) is 18.5. The van der Waals surface area contributed by atoms with Crippen molar-refractivity contribution in [2.45, 2.75) is 27.3 Å². The summed E-state index contributed by atoms with van der Waals surface area (Å²) in [5.41, 5.74) is 4.37. The van der Waals surface area contributed by atoms with Crippen molar-refractivity contribution in [1.29, 1.82) is 0 Å². The van der Waals surface area contributed by atoms with Crippen molar-refractivity contribution in [2.75, 3.05) is 10.6 Å². The molecule has 2 N–H and O–H groups in total. The summed E-state index contributed by atoms with van der Waals surface area (Å²) in [6, 6.07) is 11.3. The summed E-state index contributed by atoms with van der Waals surface area (Å²) >= 11 is 0. The lowest BCUT2D eigenvalue weighted by Crippen LogP contribution is -2.16. The number of anilines is 2. The van der Waals surface area contributed by atoms with Gasteiger partial charge in [0.25, 0.3) is 5.91 Å². The third-order valence-corrected chi connectivity index (χ3v) is 4.15. The third kappa shape index (κ3) is 4.22. The van der Waals surface area contributed by atoms with Crippen LogP contribution < -0.4 is 10.6 Å². The number of pyridine rings is 1. The van der Waals surface area contributed by atoms with E-state index >= 15 is 0 Å². The van der Waals surface area contributed by atoms with Crippen LogP contribution in [-0.2, 0) is 6.54 Å². The van der Waals surface area contributed by atoms with E-state index < -0.39 is 0 Å². The van der Waals surface area contributed by atoms with E-state index in [-0.39, 0.29) is 5.91 Å². The first kappa shape index (κ1) is 17.5. The van der Waals surface area contributed by atoms with Gasteiger partial charge in [0.15, 0.2) is 0 Å². The monoisotopic (exact) mass is 347 g/mol. The van der Waals surface area contributed by atoms with Gasteiger partial charge in [-0.05, 0) is 55.7 Å². The van der Waals surface area contributed by atoms with Crippen molar-refractivity contribution in [3.63, 3.8) is 0 Å². The van der Waals surface area contributed by atoms with Crippen LogP contribution in [0.25, 0.3) is 0 Å². The second-order valence-electron chi connectivity index (χ2n) is 6.10. The molecule has 0 aliphatic carbocycles. The maximum Gasteiger partial charge on any atom is 0.274 e. The van der Waals surface area contributed by atoms with Gasteiger partial charge < -0.3 is 10.6 Å². The van der Waals surface area contributed by atoms with Gasteiger partial charge in [0.1, 0.15) is 17.3 Å². The molecule has 26 heavy (non-hydrogen) atoms. The number of amides is 1. The highest BCUT2D eigenvalue weighted by Crippen LogP contribution is 2.19. The minimum atomic E-state index is -0.254. The molecule has 0 radical (unpaired) electrons. The van der Waals surface area contributed by atoms with Crippen molar-refractivity contribution >= 4 is 17.4 Å². The Morgan fingerprint density at radius 2 is 1.81 bits per heavy atom. The molecule has 6 nitrogen and oxygen atoms in total. The van der Waals surface area contributed by atoms with E-state index in [1.165, 1.54) is 0 Å². The van der Waals surface area contributed by atoms with E-state index in [4.69, 9.17) is 0 Å². The normalized spacial score (nSPS) is 10.4. The lowest BCUT2D eigenvalue weighted by Gasteiger charge is -2.11. The number of aryl methyl sites for hydroxylation is 2. The highest BCUT2D eigenvalue weighted by atomic mass is 16.1. The van der Waals surface area contributed by atoms with E-state index in [9.17, 15) is 4.79 Å². The fraction of sp³-hybridized carbons (Fsp3) is 0.200. The molecule has 3 rings (SSSR count). The van der Waals surface area contributed by atoms with E-state index in [0.29, 0.717) is 23.9 Å². The molecule has 1 aromatic carbocycles. The SMILES string of the molecule is Cc1nc(NCc2ccncc2)cc(C(=O)Nc2cccc(C)c2C)n1. The number of rotatable bonds is 5. The van der Waals surface area contributed by atoms with Crippen LogP contribution in [-0.4, -0.2) is 20.9 Å². The van der Waals surface area contributed by atoms with Gasteiger partial charge >= 0.3 is 0 Å². The molecule has 0 bridgehead atoms. The molecule has 132 valence electrons. The average molecular weight is 347 g/mol. The van der Waals surface area contributed by atoms with Gasteiger partial charge in [0.05, 0.1) is 0 Å². The zero-order valence-electron chi connectivity index (χ0n) is 15.1. The molecule has 0 aliphatic rings. The molecule has 0 saturated carbocycles. The molecule has 6 heteroatoms. The topological polar surface area (TPSA) is 79.8 Å². The Labute approximate surface area is 152 Å². The summed E-state index contributed by atoms with van der Waals surface area (Å²) in [5, 5.41) is 6.15. The average Bonchev–Trinajstić information content (AvgIpc) is 2.64. The van der Waals surface area contributed by atoms with Crippen LogP contribution in [0.1, 0.15) is 33.0 Å². The van der Waals surface area contributed by atoms with Crippen LogP contribution in [0.4, 0.5) is 11.5 Å². The summed E-state index contributed by atoms with van der Waals surface area (Å²) < 4.78 is 0. The van der Waals surface area contributed by atoms with Gasteiger partial charge in [-0.3, -0.25) is 9.78 Å². The minimum absolute atomic E-state index is 0.254. The van der Waals surface area contributed by atoms with Crippen LogP contribution in [0.3, 0.4) is 0 Å². The van der Waals surface area contributed by atoms with Gasteiger partial charge in [-0.1, -0.05) is 12.1 Å². The fourth-order valence-electron chi connectivity index (χ4n) is 2.54. The molecular formula is C20H21N5O. The molecule has 0 atom stereocenters. The predicted molar refractivity (Wildman–Crippen MR) is 102 cm³/mol. The summed E-state index contributed by atoms with van der Waals surface area (Å²) in [6.07, 6.45) is 3.48. The quantitative estimate of drug-likeness (QED) is 0.736. The fourth-order valence-corrected chi connectivity index (χ4v) is 2.54. The Bertz CT molecular complexity index is 925. The molecule has 2 heterocycles. The van der Waals surface area contributed by atoms with Gasteiger partial charge in [-0.25, -0.2) is 9.97 Å². The Kier molecular flexibility index (Phi) is 5.22. The van der Waals surface area contributed by atoms with Gasteiger partial charge in [0, 0.05) is 30.7 Å². The Morgan fingerprint density at radius 1 is 1.04 bits per heavy atom. The van der Waals surface area contributed by atoms with E-state index in [2.05, 4.69) is 25.6 Å². The maximum atomic E-state index is 12.6.